The number of rotatable bonds is 2. The first-order chi connectivity index (χ1) is 11.3. The van der Waals surface area contributed by atoms with E-state index in [0.717, 1.165) is 42.7 Å². The van der Waals surface area contributed by atoms with Gasteiger partial charge in [-0.3, -0.25) is 4.79 Å². The summed E-state index contributed by atoms with van der Waals surface area (Å²) >= 11 is 0. The molecule has 0 radical (unpaired) electrons. The van der Waals surface area contributed by atoms with Gasteiger partial charge in [0, 0.05) is 37.5 Å². The SMILES string of the molecule is Cn1cccc1[C@H]1COCCN1C(=O)c1noc2c1CCCC2. The molecular formula is C17H21N3O3. The second-order valence-corrected chi connectivity index (χ2v) is 6.27. The van der Waals surface area contributed by atoms with Crippen LogP contribution in [0.3, 0.4) is 0 Å². The Morgan fingerprint density at radius 3 is 3.04 bits per heavy atom. The minimum atomic E-state index is -0.0767. The molecule has 1 fully saturated rings. The van der Waals surface area contributed by atoms with Crippen LogP contribution in [-0.2, 0) is 24.6 Å². The van der Waals surface area contributed by atoms with Gasteiger partial charge >= 0.3 is 0 Å². The number of aromatic nitrogens is 2. The van der Waals surface area contributed by atoms with Crippen molar-refractivity contribution in [2.75, 3.05) is 19.8 Å². The van der Waals surface area contributed by atoms with Crippen LogP contribution in [0.4, 0.5) is 0 Å². The predicted molar refractivity (Wildman–Crippen MR) is 83.2 cm³/mol. The number of hydrogen-bond donors (Lipinski definition) is 0. The minimum Gasteiger partial charge on any atom is -0.377 e. The molecule has 1 saturated heterocycles. The highest BCUT2D eigenvalue weighted by atomic mass is 16.5. The number of fused-ring (bicyclic) bond motifs is 1. The van der Waals surface area contributed by atoms with Crippen LogP contribution in [0.15, 0.2) is 22.9 Å². The lowest BCUT2D eigenvalue weighted by Crippen LogP contribution is -2.44. The molecule has 0 saturated carbocycles. The molecule has 6 nitrogen and oxygen atoms in total. The van der Waals surface area contributed by atoms with E-state index >= 15 is 0 Å². The van der Waals surface area contributed by atoms with Crippen LogP contribution < -0.4 is 0 Å². The highest BCUT2D eigenvalue weighted by Gasteiger charge is 2.34. The van der Waals surface area contributed by atoms with Gasteiger partial charge in [0.15, 0.2) is 5.69 Å². The smallest absolute Gasteiger partial charge is 0.277 e. The van der Waals surface area contributed by atoms with E-state index in [-0.39, 0.29) is 11.9 Å². The van der Waals surface area contributed by atoms with Crippen LogP contribution >= 0.6 is 0 Å². The maximum absolute atomic E-state index is 13.1. The first-order valence-corrected chi connectivity index (χ1v) is 8.23. The van der Waals surface area contributed by atoms with Crippen molar-refractivity contribution in [3.63, 3.8) is 0 Å². The van der Waals surface area contributed by atoms with E-state index in [1.54, 1.807) is 0 Å². The van der Waals surface area contributed by atoms with Crippen LogP contribution in [0.25, 0.3) is 0 Å². The lowest BCUT2D eigenvalue weighted by molar-refractivity contribution is -0.00518. The highest BCUT2D eigenvalue weighted by Crippen LogP contribution is 2.29. The normalized spacial score (nSPS) is 21.3. The van der Waals surface area contributed by atoms with E-state index < -0.39 is 0 Å². The fourth-order valence-corrected chi connectivity index (χ4v) is 3.60. The molecule has 0 N–H and O–H groups in total. The third kappa shape index (κ3) is 2.47. The summed E-state index contributed by atoms with van der Waals surface area (Å²) in [5.41, 5.74) is 2.59. The van der Waals surface area contributed by atoms with Crippen LogP contribution in [0.2, 0.25) is 0 Å². The molecule has 0 unspecified atom stereocenters. The van der Waals surface area contributed by atoms with Crippen molar-refractivity contribution >= 4 is 5.91 Å². The van der Waals surface area contributed by atoms with Crippen molar-refractivity contribution in [3.05, 3.63) is 41.0 Å². The van der Waals surface area contributed by atoms with Crippen molar-refractivity contribution in [2.24, 2.45) is 7.05 Å². The van der Waals surface area contributed by atoms with Gasteiger partial charge in [-0.2, -0.15) is 0 Å². The van der Waals surface area contributed by atoms with E-state index in [9.17, 15) is 4.79 Å². The molecule has 2 aliphatic rings. The van der Waals surface area contributed by atoms with E-state index in [4.69, 9.17) is 9.26 Å². The van der Waals surface area contributed by atoms with Gasteiger partial charge < -0.3 is 18.7 Å². The Kier molecular flexibility index (Phi) is 3.69. The molecule has 1 amide bonds. The minimum absolute atomic E-state index is 0.0357. The molecular weight excluding hydrogens is 294 g/mol. The highest BCUT2D eigenvalue weighted by molar-refractivity contribution is 5.94. The molecule has 2 aromatic rings. The first-order valence-electron chi connectivity index (χ1n) is 8.23. The van der Waals surface area contributed by atoms with Crippen LogP contribution in [0, 0.1) is 0 Å². The summed E-state index contributed by atoms with van der Waals surface area (Å²) in [6.45, 7) is 1.66. The van der Waals surface area contributed by atoms with Crippen molar-refractivity contribution in [1.29, 1.82) is 0 Å². The Bertz CT molecular complexity index is 718. The van der Waals surface area contributed by atoms with Gasteiger partial charge in [0.05, 0.1) is 19.3 Å². The van der Waals surface area contributed by atoms with Crippen LogP contribution in [0.1, 0.15) is 46.4 Å². The zero-order valence-electron chi connectivity index (χ0n) is 13.3. The Balaban J connectivity index is 1.66. The van der Waals surface area contributed by atoms with Crippen molar-refractivity contribution in [1.82, 2.24) is 14.6 Å². The zero-order valence-corrected chi connectivity index (χ0v) is 13.3. The lowest BCUT2D eigenvalue weighted by atomic mass is 9.96. The fraction of sp³-hybridized carbons (Fsp3) is 0.529. The average molecular weight is 315 g/mol. The zero-order chi connectivity index (χ0) is 15.8. The number of ether oxygens (including phenoxy) is 1. The number of morpholine rings is 1. The summed E-state index contributed by atoms with van der Waals surface area (Å²) in [6.07, 6.45) is 5.97. The van der Waals surface area contributed by atoms with E-state index in [1.807, 2.05) is 34.8 Å². The maximum atomic E-state index is 13.1. The van der Waals surface area contributed by atoms with Gasteiger partial charge in [-0.1, -0.05) is 5.16 Å². The number of carbonyl (C=O) groups is 1. The summed E-state index contributed by atoms with van der Waals surface area (Å²) in [5, 5.41) is 4.10. The summed E-state index contributed by atoms with van der Waals surface area (Å²) in [7, 11) is 1.99. The fourth-order valence-electron chi connectivity index (χ4n) is 3.60. The quantitative estimate of drug-likeness (QED) is 0.851. The van der Waals surface area contributed by atoms with Gasteiger partial charge in [0.2, 0.25) is 0 Å². The first kappa shape index (κ1) is 14.5. The number of hydrogen-bond acceptors (Lipinski definition) is 4. The molecule has 1 atom stereocenters. The third-order valence-corrected chi connectivity index (χ3v) is 4.87. The Labute approximate surface area is 135 Å². The monoisotopic (exact) mass is 315 g/mol. The largest absolute Gasteiger partial charge is 0.377 e. The number of aryl methyl sites for hydroxylation is 2. The number of carbonyl (C=O) groups excluding carboxylic acids is 1. The lowest BCUT2D eigenvalue weighted by Gasteiger charge is -2.35. The van der Waals surface area contributed by atoms with E-state index in [2.05, 4.69) is 5.16 Å². The number of amides is 1. The van der Waals surface area contributed by atoms with Crippen molar-refractivity contribution in [3.8, 4) is 0 Å². The second kappa shape index (κ2) is 5.85. The second-order valence-electron chi connectivity index (χ2n) is 6.27. The van der Waals surface area contributed by atoms with Gasteiger partial charge in [-0.25, -0.2) is 0 Å². The average Bonchev–Trinajstić information content (AvgIpc) is 3.20. The van der Waals surface area contributed by atoms with Crippen molar-refractivity contribution in [2.45, 2.75) is 31.7 Å². The number of nitrogens with zero attached hydrogens (tertiary/aromatic N) is 3. The molecule has 0 spiro atoms. The van der Waals surface area contributed by atoms with Crippen LogP contribution in [-0.4, -0.2) is 40.3 Å². The summed E-state index contributed by atoms with van der Waals surface area (Å²) in [4.78, 5) is 15.0. The standard InChI is InChI=1S/C17H21N3O3/c1-19-8-4-6-13(19)14-11-22-10-9-20(14)17(21)16-12-5-2-3-7-15(12)23-18-16/h4,6,8,14H,2-3,5,7,9-11H2,1H3/t14-/m1/s1. The Morgan fingerprint density at radius 1 is 1.35 bits per heavy atom. The molecule has 6 heteroatoms. The molecule has 122 valence electrons. The summed E-state index contributed by atoms with van der Waals surface area (Å²) in [5.74, 6) is 0.856. The molecule has 1 aliphatic heterocycles. The molecule has 23 heavy (non-hydrogen) atoms. The molecule has 4 rings (SSSR count). The molecule has 1 aliphatic carbocycles. The summed E-state index contributed by atoms with van der Waals surface area (Å²) in [6, 6.07) is 3.95. The van der Waals surface area contributed by atoms with Crippen LogP contribution in [0.5, 0.6) is 0 Å². The molecule has 2 aromatic heterocycles. The van der Waals surface area contributed by atoms with Gasteiger partial charge in [0.1, 0.15) is 5.76 Å². The molecule has 0 bridgehead atoms. The third-order valence-electron chi connectivity index (χ3n) is 4.87. The van der Waals surface area contributed by atoms with Gasteiger partial charge in [-0.05, 0) is 31.4 Å². The van der Waals surface area contributed by atoms with Gasteiger partial charge in [0.25, 0.3) is 5.91 Å². The van der Waals surface area contributed by atoms with Crippen molar-refractivity contribution < 1.29 is 14.1 Å². The van der Waals surface area contributed by atoms with Gasteiger partial charge in [-0.15, -0.1) is 0 Å². The van der Waals surface area contributed by atoms with E-state index in [1.165, 1.54) is 0 Å². The Morgan fingerprint density at radius 2 is 2.22 bits per heavy atom. The molecule has 0 aromatic carbocycles. The Hall–Kier alpha value is -2.08. The maximum Gasteiger partial charge on any atom is 0.277 e. The topological polar surface area (TPSA) is 60.5 Å². The molecule has 3 heterocycles. The summed E-state index contributed by atoms with van der Waals surface area (Å²) < 4.78 is 13.1. The van der Waals surface area contributed by atoms with E-state index in [0.29, 0.717) is 25.5 Å². The predicted octanol–water partition coefficient (Wildman–Crippen LogP) is 2.11.